The van der Waals surface area contributed by atoms with Gasteiger partial charge in [0.2, 0.25) is 11.8 Å². The second kappa shape index (κ2) is 13.1. The Morgan fingerprint density at radius 3 is 2.18 bits per heavy atom. The fraction of sp³-hybridized carbons (Fsp3) is 0.464. The second-order valence-corrected chi connectivity index (χ2v) is 10.4. The number of aromatic hydroxyl groups is 2. The van der Waals surface area contributed by atoms with Crippen LogP contribution in [0.2, 0.25) is 0 Å². The van der Waals surface area contributed by atoms with E-state index in [1.807, 2.05) is 0 Å². The third-order valence-electron chi connectivity index (χ3n) is 5.54. The van der Waals surface area contributed by atoms with E-state index in [-0.39, 0.29) is 36.1 Å². The summed E-state index contributed by atoms with van der Waals surface area (Å²) in [6.45, 7) is 9.55. The van der Waals surface area contributed by atoms with Gasteiger partial charge in [0.25, 0.3) is 0 Å². The van der Waals surface area contributed by atoms with E-state index in [4.69, 9.17) is 4.74 Å². The van der Waals surface area contributed by atoms with E-state index >= 15 is 0 Å². The zero-order valence-electron chi connectivity index (χ0n) is 22.8. The molecule has 0 fully saturated rings. The molecule has 3 amide bonds. The Morgan fingerprint density at radius 1 is 1.00 bits per heavy atom. The van der Waals surface area contributed by atoms with Crippen molar-refractivity contribution in [2.75, 3.05) is 13.2 Å². The number of hydrogen-bond donors (Lipinski definition) is 5. The predicted molar refractivity (Wildman–Crippen MR) is 143 cm³/mol. The fourth-order valence-electron chi connectivity index (χ4n) is 3.91. The molecular weight excluding hydrogens is 490 g/mol. The highest BCUT2D eigenvalue weighted by molar-refractivity contribution is 5.93. The number of alkyl carbamates (subject to hydrolysis) is 1. The SMILES string of the molecule is Cc1cccc(C(C(=O)NC(C)C)N(CCO)C(=O)C(Cc2ccc(O)cc2)NC(=O)OC(C)(C)C)c1O. The van der Waals surface area contributed by atoms with Gasteiger partial charge in [-0.15, -0.1) is 0 Å². The maximum Gasteiger partial charge on any atom is 0.408 e. The minimum Gasteiger partial charge on any atom is -0.508 e. The van der Waals surface area contributed by atoms with E-state index in [1.54, 1.807) is 71.9 Å². The van der Waals surface area contributed by atoms with Crippen LogP contribution in [0.15, 0.2) is 42.5 Å². The molecule has 208 valence electrons. The number of phenols is 2. The van der Waals surface area contributed by atoms with Crippen LogP contribution in [0, 0.1) is 6.92 Å². The maximum atomic E-state index is 14.0. The van der Waals surface area contributed by atoms with Crippen molar-refractivity contribution in [2.24, 2.45) is 0 Å². The molecule has 0 saturated carbocycles. The molecule has 2 aromatic rings. The molecule has 10 heteroatoms. The molecule has 0 bridgehead atoms. The number of carbonyl (C=O) groups excluding carboxylic acids is 3. The van der Waals surface area contributed by atoms with Gasteiger partial charge in [-0.05, 0) is 64.8 Å². The van der Waals surface area contributed by atoms with Crippen molar-refractivity contribution in [3.05, 3.63) is 59.2 Å². The number of nitrogens with one attached hydrogen (secondary N) is 2. The molecule has 0 aliphatic heterocycles. The Bertz CT molecular complexity index is 1110. The molecule has 5 N–H and O–H groups in total. The number of rotatable bonds is 10. The van der Waals surface area contributed by atoms with Gasteiger partial charge in [0.1, 0.15) is 29.2 Å². The largest absolute Gasteiger partial charge is 0.508 e. The fourth-order valence-corrected chi connectivity index (χ4v) is 3.91. The quantitative estimate of drug-likeness (QED) is 0.318. The summed E-state index contributed by atoms with van der Waals surface area (Å²) in [5.74, 6) is -1.33. The van der Waals surface area contributed by atoms with Crippen molar-refractivity contribution >= 4 is 17.9 Å². The van der Waals surface area contributed by atoms with Crippen LogP contribution in [0.1, 0.15) is 57.4 Å². The van der Waals surface area contributed by atoms with Gasteiger partial charge in [-0.25, -0.2) is 4.79 Å². The smallest absolute Gasteiger partial charge is 0.408 e. The summed E-state index contributed by atoms with van der Waals surface area (Å²) in [5.41, 5.74) is 0.496. The van der Waals surface area contributed by atoms with Crippen molar-refractivity contribution < 1.29 is 34.4 Å². The van der Waals surface area contributed by atoms with Gasteiger partial charge < -0.3 is 35.6 Å². The molecule has 0 aliphatic rings. The van der Waals surface area contributed by atoms with Gasteiger partial charge in [-0.3, -0.25) is 9.59 Å². The summed E-state index contributed by atoms with van der Waals surface area (Å²) in [5, 5.41) is 35.7. The van der Waals surface area contributed by atoms with Gasteiger partial charge in [0.15, 0.2) is 0 Å². The number of benzene rings is 2. The van der Waals surface area contributed by atoms with Gasteiger partial charge in [-0.2, -0.15) is 0 Å². The molecule has 2 rings (SSSR count). The van der Waals surface area contributed by atoms with E-state index in [9.17, 15) is 29.7 Å². The van der Waals surface area contributed by atoms with Crippen molar-refractivity contribution in [1.29, 1.82) is 0 Å². The van der Waals surface area contributed by atoms with E-state index in [0.29, 0.717) is 11.1 Å². The summed E-state index contributed by atoms with van der Waals surface area (Å²) in [6.07, 6.45) is -0.821. The number of para-hydroxylation sites is 1. The zero-order chi connectivity index (χ0) is 28.6. The predicted octanol–water partition coefficient (Wildman–Crippen LogP) is 2.93. The lowest BCUT2D eigenvalue weighted by Crippen LogP contribution is -2.54. The van der Waals surface area contributed by atoms with Crippen LogP contribution in [-0.4, -0.2) is 69.0 Å². The van der Waals surface area contributed by atoms with E-state index < -0.39 is 42.2 Å². The molecule has 2 aromatic carbocycles. The Kier molecular flexibility index (Phi) is 10.5. The van der Waals surface area contributed by atoms with Crippen molar-refractivity contribution in [2.45, 2.75) is 71.7 Å². The number of nitrogens with zero attached hydrogens (tertiary/aromatic N) is 1. The van der Waals surface area contributed by atoms with Gasteiger partial charge >= 0.3 is 6.09 Å². The number of amides is 3. The highest BCUT2D eigenvalue weighted by atomic mass is 16.6. The molecule has 10 nitrogen and oxygen atoms in total. The number of aliphatic hydroxyl groups is 1. The zero-order valence-corrected chi connectivity index (χ0v) is 22.8. The molecule has 0 aromatic heterocycles. The summed E-state index contributed by atoms with van der Waals surface area (Å²) in [4.78, 5) is 41.3. The minimum absolute atomic E-state index is 0.0125. The first-order valence-corrected chi connectivity index (χ1v) is 12.5. The maximum absolute atomic E-state index is 14.0. The minimum atomic E-state index is -1.29. The molecule has 0 heterocycles. The molecule has 2 unspecified atom stereocenters. The van der Waals surface area contributed by atoms with E-state index in [2.05, 4.69) is 10.6 Å². The van der Waals surface area contributed by atoms with Crippen molar-refractivity contribution in [3.8, 4) is 11.5 Å². The van der Waals surface area contributed by atoms with Gasteiger partial charge in [0.05, 0.1) is 6.61 Å². The normalized spacial score (nSPS) is 12.9. The Hall–Kier alpha value is -3.79. The van der Waals surface area contributed by atoms with Crippen LogP contribution in [0.25, 0.3) is 0 Å². The van der Waals surface area contributed by atoms with Crippen LogP contribution in [0.4, 0.5) is 4.79 Å². The second-order valence-electron chi connectivity index (χ2n) is 10.4. The van der Waals surface area contributed by atoms with Crippen molar-refractivity contribution in [1.82, 2.24) is 15.5 Å². The molecule has 2 atom stereocenters. The first kappa shape index (κ1) is 30.4. The van der Waals surface area contributed by atoms with E-state index in [0.717, 1.165) is 4.90 Å². The standard InChI is InChI=1S/C28H39N3O7/c1-17(2)29-25(35)23(21-9-7-8-18(3)24(21)34)31(14-15-32)26(36)22(30-27(37)38-28(4,5)6)16-19-10-12-20(33)13-11-19/h7-13,17,22-23,32-34H,14-16H2,1-6H3,(H,29,35)(H,30,37). The van der Waals surface area contributed by atoms with Crippen LogP contribution in [0.3, 0.4) is 0 Å². The first-order chi connectivity index (χ1) is 17.7. The lowest BCUT2D eigenvalue weighted by atomic mass is 9.98. The number of hydrogen-bond acceptors (Lipinski definition) is 7. The summed E-state index contributed by atoms with van der Waals surface area (Å²) in [6, 6.07) is 8.26. The Labute approximate surface area is 223 Å². The van der Waals surface area contributed by atoms with Crippen LogP contribution >= 0.6 is 0 Å². The Balaban J connectivity index is 2.57. The number of aryl methyl sites for hydroxylation is 1. The third-order valence-corrected chi connectivity index (χ3v) is 5.54. The lowest BCUT2D eigenvalue weighted by molar-refractivity contribution is -0.143. The molecule has 38 heavy (non-hydrogen) atoms. The van der Waals surface area contributed by atoms with Crippen LogP contribution < -0.4 is 10.6 Å². The van der Waals surface area contributed by atoms with E-state index in [1.165, 1.54) is 12.1 Å². The highest BCUT2D eigenvalue weighted by Gasteiger charge is 2.37. The number of aliphatic hydroxyl groups excluding tert-OH is 1. The average molecular weight is 530 g/mol. The summed E-state index contributed by atoms with van der Waals surface area (Å²) in [7, 11) is 0. The van der Waals surface area contributed by atoms with Gasteiger partial charge in [0, 0.05) is 24.6 Å². The Morgan fingerprint density at radius 2 is 1.63 bits per heavy atom. The molecule has 0 radical (unpaired) electrons. The number of carbonyl (C=O) groups is 3. The monoisotopic (exact) mass is 529 g/mol. The topological polar surface area (TPSA) is 148 Å². The van der Waals surface area contributed by atoms with Crippen molar-refractivity contribution in [3.63, 3.8) is 0 Å². The molecule has 0 saturated heterocycles. The first-order valence-electron chi connectivity index (χ1n) is 12.5. The number of phenolic OH excluding ortho intramolecular Hbond substituents is 2. The van der Waals surface area contributed by atoms with Gasteiger partial charge in [-0.1, -0.05) is 30.3 Å². The lowest BCUT2D eigenvalue weighted by Gasteiger charge is -2.35. The molecule has 0 spiro atoms. The third kappa shape index (κ3) is 8.65. The number of ether oxygens (including phenoxy) is 1. The average Bonchev–Trinajstić information content (AvgIpc) is 2.80. The van der Waals surface area contributed by atoms with Crippen LogP contribution in [0.5, 0.6) is 11.5 Å². The molecular formula is C28H39N3O7. The van der Waals surface area contributed by atoms with Crippen LogP contribution in [-0.2, 0) is 20.7 Å². The highest BCUT2D eigenvalue weighted by Crippen LogP contribution is 2.32. The summed E-state index contributed by atoms with van der Waals surface area (Å²) >= 11 is 0. The summed E-state index contributed by atoms with van der Waals surface area (Å²) < 4.78 is 5.37. The molecule has 0 aliphatic carbocycles.